The number of rotatable bonds is 9. The first-order valence-electron chi connectivity index (χ1n) is 11.5. The van der Waals surface area contributed by atoms with E-state index in [1.54, 1.807) is 6.07 Å². The Morgan fingerprint density at radius 1 is 1.17 bits per heavy atom. The highest BCUT2D eigenvalue weighted by Crippen LogP contribution is 2.44. The number of halogens is 2. The molecule has 1 unspecified atom stereocenters. The molecule has 0 saturated heterocycles. The maximum Gasteiger partial charge on any atom is 0.191 e. The van der Waals surface area contributed by atoms with Crippen LogP contribution in [0.2, 0.25) is 0 Å². The van der Waals surface area contributed by atoms with Crippen LogP contribution in [0.5, 0.6) is 0 Å². The summed E-state index contributed by atoms with van der Waals surface area (Å²) in [6.45, 7) is 1.83. The van der Waals surface area contributed by atoms with Gasteiger partial charge in [-0.25, -0.2) is 23.4 Å². The molecule has 10 nitrogen and oxygen atoms in total. The molecule has 0 amide bonds. The molecule has 2 saturated carbocycles. The summed E-state index contributed by atoms with van der Waals surface area (Å²) in [5, 5.41) is 42.4. The van der Waals surface area contributed by atoms with Crippen molar-refractivity contribution < 1.29 is 28.8 Å². The molecule has 35 heavy (non-hydrogen) atoms. The summed E-state index contributed by atoms with van der Waals surface area (Å²) in [7, 11) is 0. The molecule has 2 fully saturated rings. The van der Waals surface area contributed by atoms with Crippen LogP contribution < -0.4 is 5.32 Å². The number of fused-ring (bicyclic) bond motifs is 1. The maximum atomic E-state index is 13.7. The van der Waals surface area contributed by atoms with E-state index >= 15 is 0 Å². The monoisotopic (exact) mass is 508 g/mol. The summed E-state index contributed by atoms with van der Waals surface area (Å²) < 4.78 is 33.9. The third kappa shape index (κ3) is 4.70. The molecule has 2 aliphatic carbocycles. The Balaban J connectivity index is 1.42. The molecule has 2 aliphatic rings. The fraction of sp³-hybridized carbons (Fsp3) is 0.545. The van der Waals surface area contributed by atoms with Crippen LogP contribution in [-0.4, -0.2) is 83.6 Å². The van der Waals surface area contributed by atoms with E-state index in [-0.39, 0.29) is 31.6 Å². The van der Waals surface area contributed by atoms with Gasteiger partial charge in [-0.3, -0.25) is 0 Å². The lowest BCUT2D eigenvalue weighted by Crippen LogP contribution is -2.33. The number of aromatic nitrogens is 5. The summed E-state index contributed by atoms with van der Waals surface area (Å²) in [6, 6.07) is 3.25. The lowest BCUT2D eigenvalue weighted by atomic mass is 10.1. The van der Waals surface area contributed by atoms with E-state index in [0.717, 1.165) is 18.2 Å². The quantitative estimate of drug-likeness (QED) is 0.249. The van der Waals surface area contributed by atoms with E-state index in [4.69, 9.17) is 9.84 Å². The highest BCUT2D eigenvalue weighted by molar-refractivity contribution is 7.99. The number of thioether (sulfide) groups is 1. The van der Waals surface area contributed by atoms with Crippen LogP contribution in [-0.2, 0) is 4.74 Å². The van der Waals surface area contributed by atoms with Crippen molar-refractivity contribution in [2.45, 2.75) is 61.2 Å². The van der Waals surface area contributed by atoms with E-state index in [1.165, 1.54) is 22.5 Å². The molecule has 2 heterocycles. The number of anilines is 1. The maximum absolute atomic E-state index is 13.7. The van der Waals surface area contributed by atoms with Crippen LogP contribution in [0.1, 0.15) is 37.3 Å². The fourth-order valence-electron chi connectivity index (χ4n) is 4.55. The SMILES string of the molecule is CCSc1nc(NC2C[C@H]2c2ccc(F)c(F)c2)c2nnn([C@@H]3C[C@H](OCCO)[C@@H](O)[C@H]3O)c2n1. The number of hydrogen-bond donors (Lipinski definition) is 4. The van der Waals surface area contributed by atoms with Gasteiger partial charge in [0.05, 0.1) is 25.4 Å². The van der Waals surface area contributed by atoms with Crippen LogP contribution >= 0.6 is 11.8 Å². The first kappa shape index (κ1) is 24.3. The predicted octanol–water partition coefficient (Wildman–Crippen LogP) is 1.62. The fourth-order valence-corrected chi connectivity index (χ4v) is 5.11. The van der Waals surface area contributed by atoms with Gasteiger partial charge in [0.25, 0.3) is 0 Å². The van der Waals surface area contributed by atoms with E-state index in [2.05, 4.69) is 25.6 Å². The molecular weight excluding hydrogens is 482 g/mol. The predicted molar refractivity (Wildman–Crippen MR) is 123 cm³/mol. The van der Waals surface area contributed by atoms with Gasteiger partial charge in [0.1, 0.15) is 12.2 Å². The first-order valence-corrected chi connectivity index (χ1v) is 12.5. The number of aliphatic hydroxyl groups excluding tert-OH is 3. The normalized spacial score (nSPS) is 28.1. The molecule has 2 aromatic heterocycles. The molecule has 3 aromatic rings. The van der Waals surface area contributed by atoms with E-state index in [1.807, 2.05) is 6.92 Å². The second-order valence-corrected chi connectivity index (χ2v) is 9.91. The van der Waals surface area contributed by atoms with Crippen LogP contribution in [0, 0.1) is 11.6 Å². The van der Waals surface area contributed by atoms with E-state index in [9.17, 15) is 19.0 Å². The van der Waals surface area contributed by atoms with Crippen LogP contribution in [0.3, 0.4) is 0 Å². The summed E-state index contributed by atoms with van der Waals surface area (Å²) in [5.74, 6) is -0.551. The number of aliphatic hydroxyl groups is 3. The summed E-state index contributed by atoms with van der Waals surface area (Å²) >= 11 is 1.43. The van der Waals surface area contributed by atoms with Crippen LogP contribution in [0.25, 0.3) is 11.2 Å². The van der Waals surface area contributed by atoms with Gasteiger partial charge in [0, 0.05) is 18.4 Å². The van der Waals surface area contributed by atoms with Crippen molar-refractivity contribution in [1.29, 1.82) is 0 Å². The molecule has 0 bridgehead atoms. The molecule has 1 aromatic carbocycles. The van der Waals surface area contributed by atoms with Crippen molar-refractivity contribution >= 4 is 28.7 Å². The van der Waals surface area contributed by atoms with Gasteiger partial charge >= 0.3 is 0 Å². The van der Waals surface area contributed by atoms with Crippen molar-refractivity contribution in [1.82, 2.24) is 25.0 Å². The molecular formula is C22H26F2N6O4S. The standard InChI is InChI=1S/C22H26F2N6O4S/c1-2-35-22-26-20(25-14-8-11(14)10-3-4-12(23)13(24)7-10)17-21(27-22)30(29-28-17)15-9-16(34-6-5-31)19(33)18(15)32/h3-4,7,11,14-16,18-19,31-33H,2,5-6,8-9H2,1H3,(H,25,26,27)/t11-,14?,15+,16-,18-,19+/m0/s1. The average molecular weight is 509 g/mol. The van der Waals surface area contributed by atoms with Gasteiger partial charge in [-0.15, -0.1) is 5.10 Å². The second-order valence-electron chi connectivity index (χ2n) is 8.68. The van der Waals surface area contributed by atoms with Gasteiger partial charge in [0.2, 0.25) is 0 Å². The Morgan fingerprint density at radius 2 is 2.00 bits per heavy atom. The number of ether oxygens (including phenoxy) is 1. The molecule has 5 rings (SSSR count). The Hall–Kier alpha value is -2.45. The number of benzene rings is 1. The van der Waals surface area contributed by atoms with Crippen molar-refractivity contribution in [3.63, 3.8) is 0 Å². The van der Waals surface area contributed by atoms with Gasteiger partial charge in [-0.2, -0.15) is 0 Å². The number of nitrogens with one attached hydrogen (secondary N) is 1. The molecule has 6 atom stereocenters. The lowest BCUT2D eigenvalue weighted by molar-refractivity contribution is -0.0629. The number of hydrogen-bond acceptors (Lipinski definition) is 10. The summed E-state index contributed by atoms with van der Waals surface area (Å²) in [5.41, 5.74) is 1.51. The minimum Gasteiger partial charge on any atom is -0.394 e. The van der Waals surface area contributed by atoms with Crippen LogP contribution in [0.15, 0.2) is 23.4 Å². The molecule has 13 heteroatoms. The van der Waals surface area contributed by atoms with Gasteiger partial charge in [-0.1, -0.05) is 30.0 Å². The van der Waals surface area contributed by atoms with Gasteiger partial charge < -0.3 is 25.4 Å². The average Bonchev–Trinajstić information content (AvgIpc) is 3.39. The van der Waals surface area contributed by atoms with Crippen molar-refractivity contribution in [2.24, 2.45) is 0 Å². The molecule has 0 radical (unpaired) electrons. The van der Waals surface area contributed by atoms with Gasteiger partial charge in [0.15, 0.2) is 33.8 Å². The minimum absolute atomic E-state index is 0.00340. The Morgan fingerprint density at radius 3 is 2.74 bits per heavy atom. The molecule has 0 aliphatic heterocycles. The topological polar surface area (TPSA) is 138 Å². The molecule has 4 N–H and O–H groups in total. The van der Waals surface area contributed by atoms with Crippen molar-refractivity contribution in [2.75, 3.05) is 24.3 Å². The highest BCUT2D eigenvalue weighted by Gasteiger charge is 2.45. The van der Waals surface area contributed by atoms with Gasteiger partial charge in [-0.05, 0) is 29.9 Å². The second kappa shape index (κ2) is 9.90. The Labute approximate surface area is 203 Å². The summed E-state index contributed by atoms with van der Waals surface area (Å²) in [6.07, 6.45) is -1.96. The third-order valence-corrected chi connectivity index (χ3v) is 7.13. The van der Waals surface area contributed by atoms with E-state index < -0.39 is 36.0 Å². The smallest absolute Gasteiger partial charge is 0.191 e. The zero-order valence-electron chi connectivity index (χ0n) is 18.9. The summed E-state index contributed by atoms with van der Waals surface area (Å²) in [4.78, 5) is 9.17. The molecule has 0 spiro atoms. The van der Waals surface area contributed by atoms with Crippen LogP contribution in [0.4, 0.5) is 14.6 Å². The third-order valence-electron chi connectivity index (χ3n) is 6.40. The first-order chi connectivity index (χ1) is 16.9. The highest BCUT2D eigenvalue weighted by atomic mass is 32.2. The van der Waals surface area contributed by atoms with Crippen molar-refractivity contribution in [3.05, 3.63) is 35.4 Å². The zero-order valence-corrected chi connectivity index (χ0v) is 19.7. The Bertz CT molecular complexity index is 1220. The Kier molecular flexibility index (Phi) is 6.86. The lowest BCUT2D eigenvalue weighted by Gasteiger charge is -2.17. The largest absolute Gasteiger partial charge is 0.394 e. The minimum atomic E-state index is -1.15. The number of nitrogens with zero attached hydrogens (tertiary/aromatic N) is 5. The van der Waals surface area contributed by atoms with Crippen molar-refractivity contribution in [3.8, 4) is 0 Å². The van der Waals surface area contributed by atoms with E-state index in [0.29, 0.717) is 27.7 Å². The molecule has 188 valence electrons. The zero-order chi connectivity index (χ0) is 24.7.